The van der Waals surface area contributed by atoms with Crippen molar-refractivity contribution in [3.8, 4) is 0 Å². The number of piperidine rings is 1. The van der Waals surface area contributed by atoms with Gasteiger partial charge in [-0.15, -0.1) is 0 Å². The van der Waals surface area contributed by atoms with E-state index in [1.807, 2.05) is 12.1 Å². The zero-order chi connectivity index (χ0) is 15.4. The maximum atomic E-state index is 5.79. The lowest BCUT2D eigenvalue weighted by atomic mass is 10.0. The highest BCUT2D eigenvalue weighted by Gasteiger charge is 2.17. The number of aromatic nitrogens is 3. The third-order valence-electron chi connectivity index (χ3n) is 3.90. The molecule has 1 N–H and O–H groups in total. The van der Waals surface area contributed by atoms with Crippen molar-refractivity contribution >= 4 is 23.2 Å². The molecule has 0 bridgehead atoms. The summed E-state index contributed by atoms with van der Waals surface area (Å²) < 4.78 is 0. The van der Waals surface area contributed by atoms with Crippen LogP contribution >= 0.6 is 11.6 Å². The summed E-state index contributed by atoms with van der Waals surface area (Å²) in [4.78, 5) is 15.1. The average molecular weight is 318 g/mol. The molecular weight excluding hydrogens is 298 g/mol. The minimum absolute atomic E-state index is 0.507. The summed E-state index contributed by atoms with van der Waals surface area (Å²) in [6, 6.07) is 5.76. The van der Waals surface area contributed by atoms with E-state index in [0.717, 1.165) is 36.2 Å². The van der Waals surface area contributed by atoms with Gasteiger partial charge in [0, 0.05) is 31.9 Å². The van der Waals surface area contributed by atoms with Crippen molar-refractivity contribution in [1.82, 2.24) is 15.0 Å². The molecule has 0 radical (unpaired) electrons. The summed E-state index contributed by atoms with van der Waals surface area (Å²) in [7, 11) is 0. The van der Waals surface area contributed by atoms with Crippen LogP contribution in [-0.2, 0) is 6.54 Å². The molecule has 3 rings (SSSR count). The van der Waals surface area contributed by atoms with Crippen molar-refractivity contribution in [2.45, 2.75) is 26.3 Å². The predicted octanol–water partition coefficient (Wildman–Crippen LogP) is 3.37. The smallest absolute Gasteiger partial charge is 0.134 e. The molecule has 0 aliphatic carbocycles. The summed E-state index contributed by atoms with van der Waals surface area (Å²) in [6.45, 7) is 5.09. The minimum atomic E-state index is 0.507. The first-order valence-corrected chi connectivity index (χ1v) is 8.00. The molecule has 116 valence electrons. The maximum Gasteiger partial charge on any atom is 0.134 e. The number of anilines is 2. The van der Waals surface area contributed by atoms with Crippen molar-refractivity contribution < 1.29 is 0 Å². The number of pyridine rings is 1. The van der Waals surface area contributed by atoms with E-state index in [1.165, 1.54) is 12.8 Å². The van der Waals surface area contributed by atoms with Gasteiger partial charge < -0.3 is 10.2 Å². The topological polar surface area (TPSA) is 53.9 Å². The van der Waals surface area contributed by atoms with E-state index in [1.54, 1.807) is 18.6 Å². The summed E-state index contributed by atoms with van der Waals surface area (Å²) in [5, 5.41) is 3.82. The van der Waals surface area contributed by atoms with Gasteiger partial charge in [-0.25, -0.2) is 15.0 Å². The summed E-state index contributed by atoms with van der Waals surface area (Å²) in [5.41, 5.74) is 1.07. The van der Waals surface area contributed by atoms with Crippen molar-refractivity contribution in [2.24, 2.45) is 5.92 Å². The first-order valence-electron chi connectivity index (χ1n) is 7.62. The number of halogens is 1. The molecule has 2 aromatic heterocycles. The lowest BCUT2D eigenvalue weighted by molar-refractivity contribution is 0.444. The van der Waals surface area contributed by atoms with Gasteiger partial charge in [-0.2, -0.15) is 0 Å². The van der Waals surface area contributed by atoms with E-state index in [2.05, 4.69) is 32.1 Å². The van der Waals surface area contributed by atoms with Crippen LogP contribution in [-0.4, -0.2) is 28.0 Å². The zero-order valence-corrected chi connectivity index (χ0v) is 13.4. The second-order valence-corrected chi connectivity index (χ2v) is 6.18. The highest BCUT2D eigenvalue weighted by molar-refractivity contribution is 6.29. The molecule has 1 fully saturated rings. The zero-order valence-electron chi connectivity index (χ0n) is 12.7. The molecule has 2 aromatic rings. The molecule has 22 heavy (non-hydrogen) atoms. The van der Waals surface area contributed by atoms with Crippen LogP contribution in [0.5, 0.6) is 0 Å². The fourth-order valence-electron chi connectivity index (χ4n) is 2.72. The van der Waals surface area contributed by atoms with Crippen molar-refractivity contribution in [3.05, 3.63) is 41.4 Å². The SMILES string of the molecule is CC1CCCN(c2cc(NCc3ccc(Cl)nc3)ncn2)C1. The molecule has 0 saturated carbocycles. The molecule has 1 aliphatic heterocycles. The highest BCUT2D eigenvalue weighted by atomic mass is 35.5. The van der Waals surface area contributed by atoms with Gasteiger partial charge in [-0.05, 0) is 30.4 Å². The van der Waals surface area contributed by atoms with Gasteiger partial charge in [0.2, 0.25) is 0 Å². The normalized spacial score (nSPS) is 18.3. The monoisotopic (exact) mass is 317 g/mol. The molecular formula is C16H20ClN5. The van der Waals surface area contributed by atoms with E-state index < -0.39 is 0 Å². The minimum Gasteiger partial charge on any atom is -0.366 e. The van der Waals surface area contributed by atoms with Crippen LogP contribution in [0, 0.1) is 5.92 Å². The van der Waals surface area contributed by atoms with Crippen LogP contribution in [0.25, 0.3) is 0 Å². The Labute approximate surface area is 135 Å². The largest absolute Gasteiger partial charge is 0.366 e. The standard InChI is InChI=1S/C16H20ClN5/c1-12-3-2-6-22(10-12)16-7-15(20-11-21-16)19-9-13-4-5-14(17)18-8-13/h4-5,7-8,11-12H,2-3,6,9-10H2,1H3,(H,19,20,21). The molecule has 5 nitrogen and oxygen atoms in total. The van der Waals surface area contributed by atoms with E-state index in [9.17, 15) is 0 Å². The lowest BCUT2D eigenvalue weighted by Gasteiger charge is -2.31. The first-order chi connectivity index (χ1) is 10.7. The molecule has 0 aromatic carbocycles. The molecule has 6 heteroatoms. The Kier molecular flexibility index (Phi) is 4.73. The number of hydrogen-bond donors (Lipinski definition) is 1. The van der Waals surface area contributed by atoms with Crippen LogP contribution in [0.15, 0.2) is 30.7 Å². The van der Waals surface area contributed by atoms with Crippen LogP contribution in [0.2, 0.25) is 5.15 Å². The Morgan fingerprint density at radius 1 is 1.32 bits per heavy atom. The van der Waals surface area contributed by atoms with Crippen LogP contribution in [0.3, 0.4) is 0 Å². The Morgan fingerprint density at radius 2 is 2.23 bits per heavy atom. The summed E-state index contributed by atoms with van der Waals surface area (Å²) in [5.74, 6) is 2.55. The van der Waals surface area contributed by atoms with Crippen LogP contribution in [0.1, 0.15) is 25.3 Å². The average Bonchev–Trinajstić information content (AvgIpc) is 2.55. The van der Waals surface area contributed by atoms with Gasteiger partial charge in [0.15, 0.2) is 0 Å². The van der Waals surface area contributed by atoms with Gasteiger partial charge in [-0.3, -0.25) is 0 Å². The van der Waals surface area contributed by atoms with E-state index in [4.69, 9.17) is 11.6 Å². The van der Waals surface area contributed by atoms with E-state index in [0.29, 0.717) is 11.7 Å². The summed E-state index contributed by atoms with van der Waals surface area (Å²) >= 11 is 5.79. The Balaban J connectivity index is 1.64. The van der Waals surface area contributed by atoms with Gasteiger partial charge in [0.25, 0.3) is 0 Å². The fourth-order valence-corrected chi connectivity index (χ4v) is 2.83. The van der Waals surface area contributed by atoms with Crippen LogP contribution < -0.4 is 10.2 Å². The molecule has 1 aliphatic rings. The molecule has 0 spiro atoms. The van der Waals surface area contributed by atoms with Gasteiger partial charge in [0.05, 0.1) is 0 Å². The Hall–Kier alpha value is -1.88. The number of rotatable bonds is 4. The van der Waals surface area contributed by atoms with Crippen molar-refractivity contribution in [1.29, 1.82) is 0 Å². The Bertz CT molecular complexity index is 616. The van der Waals surface area contributed by atoms with Gasteiger partial charge in [-0.1, -0.05) is 24.6 Å². The van der Waals surface area contributed by atoms with E-state index >= 15 is 0 Å². The molecule has 0 amide bonds. The lowest BCUT2D eigenvalue weighted by Crippen LogP contribution is -2.34. The van der Waals surface area contributed by atoms with Crippen molar-refractivity contribution in [2.75, 3.05) is 23.3 Å². The molecule has 1 unspecified atom stereocenters. The van der Waals surface area contributed by atoms with Crippen LogP contribution in [0.4, 0.5) is 11.6 Å². The molecule has 1 saturated heterocycles. The predicted molar refractivity (Wildman–Crippen MR) is 89.2 cm³/mol. The van der Waals surface area contributed by atoms with Crippen molar-refractivity contribution in [3.63, 3.8) is 0 Å². The third-order valence-corrected chi connectivity index (χ3v) is 4.12. The van der Waals surface area contributed by atoms with Gasteiger partial charge >= 0.3 is 0 Å². The summed E-state index contributed by atoms with van der Waals surface area (Å²) in [6.07, 6.45) is 5.92. The molecule has 1 atom stereocenters. The molecule has 3 heterocycles. The fraction of sp³-hybridized carbons (Fsp3) is 0.438. The highest BCUT2D eigenvalue weighted by Crippen LogP contribution is 2.22. The second-order valence-electron chi connectivity index (χ2n) is 5.80. The Morgan fingerprint density at radius 3 is 3.00 bits per heavy atom. The third kappa shape index (κ3) is 3.85. The maximum absolute atomic E-state index is 5.79. The quantitative estimate of drug-likeness (QED) is 0.876. The number of hydrogen-bond acceptors (Lipinski definition) is 5. The second kappa shape index (κ2) is 6.92. The first kappa shape index (κ1) is 15.0. The van der Waals surface area contributed by atoms with Gasteiger partial charge in [0.1, 0.15) is 23.1 Å². The van der Waals surface area contributed by atoms with E-state index in [-0.39, 0.29) is 0 Å². The number of nitrogens with zero attached hydrogens (tertiary/aromatic N) is 4. The number of nitrogens with one attached hydrogen (secondary N) is 1.